The molecule has 1 aliphatic rings. The van der Waals surface area contributed by atoms with Crippen LogP contribution in [0.4, 0.5) is 0 Å². The van der Waals surface area contributed by atoms with Crippen LogP contribution in [0.15, 0.2) is 18.3 Å². The highest BCUT2D eigenvalue weighted by Gasteiger charge is 2.21. The van der Waals surface area contributed by atoms with Crippen molar-refractivity contribution in [2.75, 3.05) is 0 Å². The number of fused-ring (bicyclic) bond motifs is 1. The van der Waals surface area contributed by atoms with Crippen molar-refractivity contribution in [1.29, 1.82) is 0 Å². The number of nitrogens with one attached hydrogen (secondary N) is 1. The highest BCUT2D eigenvalue weighted by atomic mass is 16.1. The molecular weight excluding hydrogens is 152 g/mol. The van der Waals surface area contributed by atoms with E-state index in [9.17, 15) is 4.79 Å². The molecule has 0 radical (unpaired) electrons. The number of rotatable bonds is 0. The van der Waals surface area contributed by atoms with Gasteiger partial charge in [0, 0.05) is 18.7 Å². The van der Waals surface area contributed by atoms with Crippen LogP contribution in [-0.4, -0.2) is 16.9 Å². The van der Waals surface area contributed by atoms with Crippen molar-refractivity contribution in [3.05, 3.63) is 29.6 Å². The first-order chi connectivity index (χ1) is 5.77. The summed E-state index contributed by atoms with van der Waals surface area (Å²) in [5.74, 6) is -0.00292. The van der Waals surface area contributed by atoms with Crippen molar-refractivity contribution in [3.8, 4) is 0 Å². The summed E-state index contributed by atoms with van der Waals surface area (Å²) in [7, 11) is 0. The predicted molar refractivity (Wildman–Crippen MR) is 44.9 cm³/mol. The van der Waals surface area contributed by atoms with Gasteiger partial charge in [-0.25, -0.2) is 0 Å². The molecule has 0 aromatic carbocycles. The fraction of sp³-hybridized carbons (Fsp3) is 0.333. The molecule has 62 valence electrons. The molecule has 1 atom stereocenters. The molecule has 1 aromatic heterocycles. The minimum atomic E-state index is -0.00292. The Labute approximate surface area is 70.8 Å². The number of amides is 1. The lowest BCUT2D eigenvalue weighted by Gasteiger charge is -2.20. The maximum absolute atomic E-state index is 11.3. The Hall–Kier alpha value is -1.38. The Bertz CT molecular complexity index is 322. The zero-order valence-corrected chi connectivity index (χ0v) is 6.87. The number of pyridine rings is 1. The summed E-state index contributed by atoms with van der Waals surface area (Å²) in [6, 6.07) is 3.80. The molecule has 1 aliphatic heterocycles. The zero-order valence-electron chi connectivity index (χ0n) is 6.87. The van der Waals surface area contributed by atoms with Gasteiger partial charge in [0.2, 0.25) is 0 Å². The summed E-state index contributed by atoms with van der Waals surface area (Å²) in [6.07, 6.45) is 2.56. The average Bonchev–Trinajstić information content (AvgIpc) is 2.04. The van der Waals surface area contributed by atoms with Crippen LogP contribution in [0.5, 0.6) is 0 Å². The molecule has 3 nitrogen and oxygen atoms in total. The van der Waals surface area contributed by atoms with Crippen molar-refractivity contribution in [2.45, 2.75) is 19.4 Å². The van der Waals surface area contributed by atoms with Crippen LogP contribution in [0, 0.1) is 0 Å². The van der Waals surface area contributed by atoms with E-state index in [1.165, 1.54) is 0 Å². The van der Waals surface area contributed by atoms with Gasteiger partial charge >= 0.3 is 0 Å². The lowest BCUT2D eigenvalue weighted by molar-refractivity contribution is 0.0928. The molecule has 1 aromatic rings. The van der Waals surface area contributed by atoms with E-state index in [4.69, 9.17) is 0 Å². The van der Waals surface area contributed by atoms with E-state index in [0.717, 1.165) is 17.7 Å². The maximum atomic E-state index is 11.3. The standard InChI is InChI=1S/C9H10N2O/c1-6-5-8-7(9(12)11-6)3-2-4-10-8/h2-4,6H,5H2,1H3,(H,11,12). The number of carbonyl (C=O) groups is 1. The first kappa shape index (κ1) is 7.28. The summed E-state index contributed by atoms with van der Waals surface area (Å²) in [5, 5.41) is 2.86. The summed E-state index contributed by atoms with van der Waals surface area (Å²) >= 11 is 0. The molecule has 2 heterocycles. The van der Waals surface area contributed by atoms with Crippen LogP contribution in [0.1, 0.15) is 23.0 Å². The van der Waals surface area contributed by atoms with E-state index in [0.29, 0.717) is 0 Å². The third-order valence-electron chi connectivity index (χ3n) is 2.01. The Morgan fingerprint density at radius 3 is 3.33 bits per heavy atom. The SMILES string of the molecule is CC1Cc2ncccc2C(=O)N1. The van der Waals surface area contributed by atoms with E-state index < -0.39 is 0 Å². The lowest BCUT2D eigenvalue weighted by atomic mass is 10.0. The second kappa shape index (κ2) is 2.59. The molecule has 0 aliphatic carbocycles. The van der Waals surface area contributed by atoms with E-state index in [-0.39, 0.29) is 11.9 Å². The Balaban J connectivity index is 2.47. The molecule has 12 heavy (non-hydrogen) atoms. The molecule has 0 saturated carbocycles. The van der Waals surface area contributed by atoms with Gasteiger partial charge in [-0.2, -0.15) is 0 Å². The minimum absolute atomic E-state index is 0.00292. The van der Waals surface area contributed by atoms with Crippen molar-refractivity contribution in [1.82, 2.24) is 10.3 Å². The van der Waals surface area contributed by atoms with Crippen molar-refractivity contribution in [3.63, 3.8) is 0 Å². The van der Waals surface area contributed by atoms with Gasteiger partial charge in [0.1, 0.15) is 0 Å². The molecule has 3 heteroatoms. The highest BCUT2D eigenvalue weighted by Crippen LogP contribution is 2.12. The van der Waals surface area contributed by atoms with Crippen LogP contribution in [0.3, 0.4) is 0 Å². The number of carbonyl (C=O) groups excluding carboxylic acids is 1. The Morgan fingerprint density at radius 2 is 2.50 bits per heavy atom. The second-order valence-electron chi connectivity index (χ2n) is 3.08. The van der Waals surface area contributed by atoms with Gasteiger partial charge in [-0.05, 0) is 19.1 Å². The van der Waals surface area contributed by atoms with Gasteiger partial charge in [0.05, 0.1) is 11.3 Å². The van der Waals surface area contributed by atoms with Crippen LogP contribution < -0.4 is 5.32 Å². The zero-order chi connectivity index (χ0) is 8.55. The lowest BCUT2D eigenvalue weighted by Crippen LogP contribution is -2.39. The molecule has 1 amide bonds. The van der Waals surface area contributed by atoms with Gasteiger partial charge in [-0.3, -0.25) is 9.78 Å². The third kappa shape index (κ3) is 1.07. The van der Waals surface area contributed by atoms with Crippen molar-refractivity contribution < 1.29 is 4.79 Å². The smallest absolute Gasteiger partial charge is 0.253 e. The molecule has 1 unspecified atom stereocenters. The summed E-state index contributed by atoms with van der Waals surface area (Å²) < 4.78 is 0. The first-order valence-electron chi connectivity index (χ1n) is 4.02. The van der Waals surface area contributed by atoms with E-state index in [1.54, 1.807) is 12.3 Å². The fourth-order valence-corrected chi connectivity index (χ4v) is 1.45. The molecule has 0 saturated heterocycles. The summed E-state index contributed by atoms with van der Waals surface area (Å²) in [4.78, 5) is 15.5. The van der Waals surface area contributed by atoms with E-state index in [2.05, 4.69) is 10.3 Å². The summed E-state index contributed by atoms with van der Waals surface area (Å²) in [6.45, 7) is 1.98. The van der Waals surface area contributed by atoms with Crippen LogP contribution >= 0.6 is 0 Å². The largest absolute Gasteiger partial charge is 0.349 e. The third-order valence-corrected chi connectivity index (χ3v) is 2.01. The van der Waals surface area contributed by atoms with Crippen molar-refractivity contribution in [2.24, 2.45) is 0 Å². The minimum Gasteiger partial charge on any atom is -0.349 e. The van der Waals surface area contributed by atoms with Gasteiger partial charge in [0.15, 0.2) is 0 Å². The molecule has 1 N–H and O–H groups in total. The maximum Gasteiger partial charge on any atom is 0.253 e. The van der Waals surface area contributed by atoms with Gasteiger partial charge < -0.3 is 5.32 Å². The fourth-order valence-electron chi connectivity index (χ4n) is 1.45. The average molecular weight is 162 g/mol. The Morgan fingerprint density at radius 1 is 1.67 bits per heavy atom. The first-order valence-corrected chi connectivity index (χ1v) is 4.02. The Kier molecular flexibility index (Phi) is 1.57. The van der Waals surface area contributed by atoms with Gasteiger partial charge in [0.25, 0.3) is 5.91 Å². The second-order valence-corrected chi connectivity index (χ2v) is 3.08. The monoisotopic (exact) mass is 162 g/mol. The van der Waals surface area contributed by atoms with Crippen LogP contribution in [0.25, 0.3) is 0 Å². The van der Waals surface area contributed by atoms with E-state index in [1.807, 2.05) is 13.0 Å². The van der Waals surface area contributed by atoms with Crippen LogP contribution in [-0.2, 0) is 6.42 Å². The number of aromatic nitrogens is 1. The quantitative estimate of drug-likeness (QED) is 0.611. The topological polar surface area (TPSA) is 42.0 Å². The molecule has 0 fully saturated rings. The normalized spacial score (nSPS) is 21.4. The van der Waals surface area contributed by atoms with Gasteiger partial charge in [-0.1, -0.05) is 0 Å². The number of hydrogen-bond donors (Lipinski definition) is 1. The number of nitrogens with zero attached hydrogens (tertiary/aromatic N) is 1. The van der Waals surface area contributed by atoms with Crippen molar-refractivity contribution >= 4 is 5.91 Å². The molecule has 0 bridgehead atoms. The highest BCUT2D eigenvalue weighted by molar-refractivity contribution is 5.96. The van der Waals surface area contributed by atoms with E-state index >= 15 is 0 Å². The summed E-state index contributed by atoms with van der Waals surface area (Å²) in [5.41, 5.74) is 1.63. The predicted octanol–water partition coefficient (Wildman–Crippen LogP) is 0.756. The van der Waals surface area contributed by atoms with Crippen LogP contribution in [0.2, 0.25) is 0 Å². The molecule has 2 rings (SSSR count). The van der Waals surface area contributed by atoms with Gasteiger partial charge in [-0.15, -0.1) is 0 Å². The number of hydrogen-bond acceptors (Lipinski definition) is 2. The molecular formula is C9H10N2O. The molecule has 0 spiro atoms.